The van der Waals surface area contributed by atoms with Crippen LogP contribution in [0, 0.1) is 18.3 Å². The molecule has 28 heavy (non-hydrogen) atoms. The number of nitriles is 1. The first kappa shape index (κ1) is 18.9. The quantitative estimate of drug-likeness (QED) is 0.608. The first-order valence-electron chi connectivity index (χ1n) is 9.06. The molecule has 1 aliphatic rings. The van der Waals surface area contributed by atoms with E-state index in [0.717, 1.165) is 35.2 Å². The number of hydrogen-bond donors (Lipinski definition) is 0. The van der Waals surface area contributed by atoms with Crippen molar-refractivity contribution in [1.29, 1.82) is 5.26 Å². The van der Waals surface area contributed by atoms with Gasteiger partial charge in [0.1, 0.15) is 0 Å². The Balaban J connectivity index is 1.73. The van der Waals surface area contributed by atoms with Crippen molar-refractivity contribution in [3.05, 3.63) is 58.1 Å². The van der Waals surface area contributed by atoms with Crippen LogP contribution in [0.25, 0.3) is 10.2 Å². The second-order valence-electron chi connectivity index (χ2n) is 6.76. The van der Waals surface area contributed by atoms with Gasteiger partial charge in [-0.25, -0.2) is 4.98 Å². The van der Waals surface area contributed by atoms with Crippen LogP contribution >= 0.6 is 22.9 Å². The van der Waals surface area contributed by atoms with Gasteiger partial charge in [-0.1, -0.05) is 22.9 Å². The zero-order valence-corrected chi connectivity index (χ0v) is 16.9. The molecule has 2 heterocycles. The molecule has 1 aromatic heterocycles. The zero-order chi connectivity index (χ0) is 19.7. The molecule has 1 saturated heterocycles. The predicted molar refractivity (Wildman–Crippen MR) is 111 cm³/mol. The fraction of sp³-hybridized carbons (Fsp3) is 0.286. The Kier molecular flexibility index (Phi) is 5.31. The third-order valence-electron chi connectivity index (χ3n) is 4.88. The Morgan fingerprint density at radius 2 is 2.14 bits per heavy atom. The number of thiazole rings is 1. The van der Waals surface area contributed by atoms with Crippen molar-refractivity contribution < 1.29 is 9.53 Å². The van der Waals surface area contributed by atoms with Crippen LogP contribution in [0.1, 0.15) is 34.3 Å². The number of anilines is 1. The number of benzene rings is 2. The van der Waals surface area contributed by atoms with Gasteiger partial charge < -0.3 is 4.74 Å². The van der Waals surface area contributed by atoms with E-state index >= 15 is 0 Å². The molecule has 1 amide bonds. The van der Waals surface area contributed by atoms with Crippen molar-refractivity contribution >= 4 is 44.2 Å². The lowest BCUT2D eigenvalue weighted by molar-refractivity contribution is 0.0917. The average Bonchev–Trinajstić information content (AvgIpc) is 3.38. The van der Waals surface area contributed by atoms with Crippen molar-refractivity contribution in [3.8, 4) is 6.07 Å². The lowest BCUT2D eigenvalue weighted by Crippen LogP contribution is -2.37. The van der Waals surface area contributed by atoms with E-state index in [4.69, 9.17) is 26.6 Å². The van der Waals surface area contributed by atoms with Gasteiger partial charge in [-0.05, 0) is 61.7 Å². The van der Waals surface area contributed by atoms with Crippen molar-refractivity contribution in [2.24, 2.45) is 0 Å². The van der Waals surface area contributed by atoms with Gasteiger partial charge >= 0.3 is 0 Å². The molecule has 1 atom stereocenters. The summed E-state index contributed by atoms with van der Waals surface area (Å²) in [4.78, 5) is 19.7. The fourth-order valence-electron chi connectivity index (χ4n) is 3.29. The first-order valence-corrected chi connectivity index (χ1v) is 10.3. The van der Waals surface area contributed by atoms with Gasteiger partial charge in [0.2, 0.25) is 0 Å². The molecule has 0 N–H and O–H groups in total. The standard InChI is InChI=1S/C21H18ClN3O2S/c1-13-17(22)8-9-18-19(13)24-21(28-18)25(12-16-3-2-10-27-16)20(26)15-6-4-14(11-23)5-7-15/h4-9,16H,2-3,10,12H2,1H3. The van der Waals surface area contributed by atoms with Crippen LogP contribution in [-0.2, 0) is 4.74 Å². The second kappa shape index (κ2) is 7.88. The Labute approximate surface area is 172 Å². The minimum atomic E-state index is -0.150. The molecule has 1 fully saturated rings. The van der Waals surface area contributed by atoms with E-state index in [2.05, 4.69) is 6.07 Å². The molecule has 0 aliphatic carbocycles. The van der Waals surface area contributed by atoms with Gasteiger partial charge in [0, 0.05) is 17.2 Å². The van der Waals surface area contributed by atoms with Gasteiger partial charge in [-0.2, -0.15) is 5.26 Å². The van der Waals surface area contributed by atoms with Crippen molar-refractivity contribution in [3.63, 3.8) is 0 Å². The summed E-state index contributed by atoms with van der Waals surface area (Å²) in [7, 11) is 0. The highest BCUT2D eigenvalue weighted by Crippen LogP contribution is 2.34. The number of rotatable bonds is 4. The van der Waals surface area contributed by atoms with E-state index in [1.165, 1.54) is 11.3 Å². The lowest BCUT2D eigenvalue weighted by Gasteiger charge is -2.23. The maximum atomic E-state index is 13.3. The number of halogens is 1. The molecule has 2 aromatic carbocycles. The zero-order valence-electron chi connectivity index (χ0n) is 15.3. The summed E-state index contributed by atoms with van der Waals surface area (Å²) in [5.41, 5.74) is 2.76. The summed E-state index contributed by atoms with van der Waals surface area (Å²) in [5.74, 6) is -0.150. The van der Waals surface area contributed by atoms with Gasteiger partial charge in [0.15, 0.2) is 5.13 Å². The minimum Gasteiger partial charge on any atom is -0.376 e. The summed E-state index contributed by atoms with van der Waals surface area (Å²) >= 11 is 7.71. The normalized spacial score (nSPS) is 16.2. The van der Waals surface area contributed by atoms with E-state index in [-0.39, 0.29) is 12.0 Å². The number of carbonyl (C=O) groups excluding carboxylic acids is 1. The third-order valence-corrected chi connectivity index (χ3v) is 6.34. The lowest BCUT2D eigenvalue weighted by atomic mass is 10.1. The molecule has 0 saturated carbocycles. The Morgan fingerprint density at radius 1 is 1.36 bits per heavy atom. The fourth-order valence-corrected chi connectivity index (χ4v) is 4.47. The molecule has 1 unspecified atom stereocenters. The number of fused-ring (bicyclic) bond motifs is 1. The first-order chi connectivity index (χ1) is 13.6. The molecule has 4 rings (SSSR count). The number of amides is 1. The maximum absolute atomic E-state index is 13.3. The largest absolute Gasteiger partial charge is 0.376 e. The molecule has 142 valence electrons. The van der Waals surface area contributed by atoms with Gasteiger partial charge in [0.25, 0.3) is 5.91 Å². The van der Waals surface area contributed by atoms with Crippen molar-refractivity contribution in [1.82, 2.24) is 4.98 Å². The van der Waals surface area contributed by atoms with Crippen LogP contribution in [0.3, 0.4) is 0 Å². The molecule has 5 nitrogen and oxygen atoms in total. The summed E-state index contributed by atoms with van der Waals surface area (Å²) in [5, 5.41) is 10.3. The summed E-state index contributed by atoms with van der Waals surface area (Å²) in [6.07, 6.45) is 1.92. The molecule has 0 radical (unpaired) electrons. The van der Waals surface area contributed by atoms with Gasteiger partial charge in [0.05, 0.1) is 34.5 Å². The van der Waals surface area contributed by atoms with E-state index in [9.17, 15) is 4.79 Å². The Morgan fingerprint density at radius 3 is 2.82 bits per heavy atom. The number of aryl methyl sites for hydroxylation is 1. The average molecular weight is 412 g/mol. The number of hydrogen-bond acceptors (Lipinski definition) is 5. The molecule has 7 heteroatoms. The van der Waals surface area contributed by atoms with Gasteiger partial charge in [-0.3, -0.25) is 9.69 Å². The van der Waals surface area contributed by atoms with E-state index < -0.39 is 0 Å². The van der Waals surface area contributed by atoms with Crippen LogP contribution in [0.5, 0.6) is 0 Å². The molecular formula is C21H18ClN3O2S. The Bertz CT molecular complexity index is 1070. The monoisotopic (exact) mass is 411 g/mol. The van der Waals surface area contributed by atoms with Crippen LogP contribution in [-0.4, -0.2) is 30.1 Å². The molecule has 3 aromatic rings. The van der Waals surface area contributed by atoms with Crippen LogP contribution in [0.15, 0.2) is 36.4 Å². The van der Waals surface area contributed by atoms with Crippen LogP contribution < -0.4 is 4.90 Å². The summed E-state index contributed by atoms with van der Waals surface area (Å²) in [6, 6.07) is 12.5. The highest BCUT2D eigenvalue weighted by molar-refractivity contribution is 7.22. The van der Waals surface area contributed by atoms with Crippen LogP contribution in [0.4, 0.5) is 5.13 Å². The predicted octanol–water partition coefficient (Wildman–Crippen LogP) is 4.96. The number of ether oxygens (including phenoxy) is 1. The molecule has 0 spiro atoms. The van der Waals surface area contributed by atoms with E-state index in [1.54, 1.807) is 29.2 Å². The smallest absolute Gasteiger partial charge is 0.260 e. The SMILES string of the molecule is Cc1c(Cl)ccc2sc(N(CC3CCCO3)C(=O)c3ccc(C#N)cc3)nc12. The van der Waals surface area contributed by atoms with Crippen molar-refractivity contribution in [2.45, 2.75) is 25.9 Å². The van der Waals surface area contributed by atoms with Crippen LogP contribution in [0.2, 0.25) is 5.02 Å². The molecular weight excluding hydrogens is 394 g/mol. The van der Waals surface area contributed by atoms with E-state index in [0.29, 0.717) is 27.8 Å². The third kappa shape index (κ3) is 3.61. The van der Waals surface area contributed by atoms with Gasteiger partial charge in [-0.15, -0.1) is 0 Å². The highest BCUT2D eigenvalue weighted by Gasteiger charge is 2.27. The Hall–Kier alpha value is -2.46. The molecule has 0 bridgehead atoms. The van der Waals surface area contributed by atoms with E-state index in [1.807, 2.05) is 19.1 Å². The minimum absolute atomic E-state index is 0.000899. The number of aromatic nitrogens is 1. The summed E-state index contributed by atoms with van der Waals surface area (Å²) < 4.78 is 6.75. The maximum Gasteiger partial charge on any atom is 0.260 e. The molecule has 1 aliphatic heterocycles. The number of carbonyl (C=O) groups is 1. The summed E-state index contributed by atoms with van der Waals surface area (Å²) in [6.45, 7) is 3.10. The number of nitrogens with zero attached hydrogens (tertiary/aromatic N) is 3. The topological polar surface area (TPSA) is 66.2 Å². The van der Waals surface area contributed by atoms with Crippen molar-refractivity contribution in [2.75, 3.05) is 18.1 Å². The second-order valence-corrected chi connectivity index (χ2v) is 8.17. The highest BCUT2D eigenvalue weighted by atomic mass is 35.5.